The van der Waals surface area contributed by atoms with E-state index in [-0.39, 0.29) is 12.6 Å². The number of aliphatic hydroxyl groups excluding tert-OH is 1. The van der Waals surface area contributed by atoms with Crippen LogP contribution in [0.4, 0.5) is 0 Å². The minimum atomic E-state index is -0.0382. The molecule has 1 N–H and O–H groups in total. The van der Waals surface area contributed by atoms with E-state index in [9.17, 15) is 5.11 Å². The molecular formula is C11H14BrN3O. The number of halogens is 1. The maximum Gasteiger partial charge on any atom is 0.114 e. The van der Waals surface area contributed by atoms with Crippen LogP contribution in [-0.2, 0) is 0 Å². The van der Waals surface area contributed by atoms with Gasteiger partial charge in [0.25, 0.3) is 0 Å². The van der Waals surface area contributed by atoms with Crippen molar-refractivity contribution in [3.8, 4) is 0 Å². The summed E-state index contributed by atoms with van der Waals surface area (Å²) in [5.74, 6) is 0.307. The zero-order valence-corrected chi connectivity index (χ0v) is 10.8. The number of hydrogen-bond acceptors (Lipinski definition) is 3. The molecule has 0 spiro atoms. The van der Waals surface area contributed by atoms with Crippen LogP contribution in [0, 0.1) is 5.92 Å². The monoisotopic (exact) mass is 283 g/mol. The lowest BCUT2D eigenvalue weighted by atomic mass is 10.1. The molecule has 5 heteroatoms. The molecule has 0 fully saturated rings. The third kappa shape index (κ3) is 1.85. The van der Waals surface area contributed by atoms with E-state index >= 15 is 0 Å². The number of rotatable bonds is 3. The van der Waals surface area contributed by atoms with Crippen LogP contribution in [0.3, 0.4) is 0 Å². The number of fused-ring (bicyclic) bond motifs is 1. The average molecular weight is 284 g/mol. The summed E-state index contributed by atoms with van der Waals surface area (Å²) < 4.78 is 2.75. The summed E-state index contributed by atoms with van der Waals surface area (Å²) in [6, 6.07) is 5.76. The molecular weight excluding hydrogens is 270 g/mol. The highest BCUT2D eigenvalue weighted by molar-refractivity contribution is 9.10. The minimum Gasteiger partial charge on any atom is -0.394 e. The van der Waals surface area contributed by atoms with Crippen molar-refractivity contribution in [1.29, 1.82) is 0 Å². The van der Waals surface area contributed by atoms with Crippen LogP contribution in [0.1, 0.15) is 19.9 Å². The van der Waals surface area contributed by atoms with Gasteiger partial charge in [-0.1, -0.05) is 25.1 Å². The summed E-state index contributed by atoms with van der Waals surface area (Å²) in [5, 5.41) is 17.6. The van der Waals surface area contributed by atoms with Gasteiger partial charge in [-0.05, 0) is 34.0 Å². The molecule has 1 heterocycles. The van der Waals surface area contributed by atoms with Gasteiger partial charge in [0.05, 0.1) is 12.6 Å². The van der Waals surface area contributed by atoms with Gasteiger partial charge in [0.1, 0.15) is 11.0 Å². The first kappa shape index (κ1) is 11.5. The van der Waals surface area contributed by atoms with E-state index < -0.39 is 0 Å². The average Bonchev–Trinajstić information content (AvgIpc) is 2.64. The first-order chi connectivity index (χ1) is 7.65. The normalized spacial score (nSPS) is 13.6. The Kier molecular flexibility index (Phi) is 3.25. The molecule has 1 aromatic heterocycles. The maximum absolute atomic E-state index is 9.41. The van der Waals surface area contributed by atoms with Gasteiger partial charge in [-0.2, -0.15) is 0 Å². The molecule has 86 valence electrons. The summed E-state index contributed by atoms with van der Waals surface area (Å²) in [4.78, 5) is 0. The number of para-hydroxylation sites is 1. The van der Waals surface area contributed by atoms with Crippen LogP contribution in [-0.4, -0.2) is 26.7 Å². The van der Waals surface area contributed by atoms with Crippen molar-refractivity contribution in [3.63, 3.8) is 0 Å². The maximum atomic E-state index is 9.41. The lowest BCUT2D eigenvalue weighted by molar-refractivity contribution is 0.184. The Morgan fingerprint density at radius 3 is 2.81 bits per heavy atom. The molecule has 0 saturated carbocycles. The van der Waals surface area contributed by atoms with Crippen LogP contribution in [0.15, 0.2) is 22.7 Å². The number of hydrogen-bond donors (Lipinski definition) is 1. The van der Waals surface area contributed by atoms with Gasteiger partial charge in [0.15, 0.2) is 0 Å². The van der Waals surface area contributed by atoms with Crippen molar-refractivity contribution >= 4 is 27.0 Å². The number of aliphatic hydroxyl groups is 1. The number of aromatic nitrogens is 3. The van der Waals surface area contributed by atoms with Crippen LogP contribution >= 0.6 is 15.9 Å². The lowest BCUT2D eigenvalue weighted by Crippen LogP contribution is -2.20. The first-order valence-electron chi connectivity index (χ1n) is 5.25. The molecule has 1 atom stereocenters. The summed E-state index contributed by atoms with van der Waals surface area (Å²) in [6.07, 6.45) is 0. The van der Waals surface area contributed by atoms with Crippen LogP contribution < -0.4 is 0 Å². The fraction of sp³-hybridized carbons (Fsp3) is 0.455. The van der Waals surface area contributed by atoms with Gasteiger partial charge < -0.3 is 5.11 Å². The molecule has 0 aliphatic rings. The summed E-state index contributed by atoms with van der Waals surface area (Å²) in [5.41, 5.74) is 1.78. The molecule has 4 nitrogen and oxygen atoms in total. The second-order valence-corrected chi connectivity index (χ2v) is 4.99. The fourth-order valence-corrected chi connectivity index (χ4v) is 2.29. The van der Waals surface area contributed by atoms with Gasteiger partial charge in [-0.25, -0.2) is 4.68 Å². The molecule has 1 aromatic carbocycles. The third-order valence-electron chi connectivity index (χ3n) is 2.71. The van der Waals surface area contributed by atoms with Crippen molar-refractivity contribution in [1.82, 2.24) is 15.0 Å². The summed E-state index contributed by atoms with van der Waals surface area (Å²) >= 11 is 3.49. The predicted octanol–water partition coefficient (Wildman–Crippen LogP) is 2.38. The van der Waals surface area contributed by atoms with Crippen molar-refractivity contribution in [2.24, 2.45) is 5.92 Å². The van der Waals surface area contributed by atoms with Crippen molar-refractivity contribution in [2.45, 2.75) is 19.9 Å². The minimum absolute atomic E-state index is 0.0382. The zero-order chi connectivity index (χ0) is 11.7. The quantitative estimate of drug-likeness (QED) is 0.941. The molecule has 0 bridgehead atoms. The standard InChI is InChI=1S/C11H14BrN3O/c1-7(2)10(6-16)15-11-8(12)4-3-5-9(11)13-14-15/h3-5,7,10,16H,6H2,1-2H3. The van der Waals surface area contributed by atoms with Gasteiger partial charge in [0, 0.05) is 4.47 Å². The molecule has 0 aliphatic heterocycles. The summed E-state index contributed by atoms with van der Waals surface area (Å²) in [7, 11) is 0. The van der Waals surface area contributed by atoms with E-state index in [4.69, 9.17) is 0 Å². The zero-order valence-electron chi connectivity index (χ0n) is 9.26. The van der Waals surface area contributed by atoms with E-state index in [1.54, 1.807) is 4.68 Å². The Balaban J connectivity index is 2.60. The Labute approximate surface area is 102 Å². The van der Waals surface area contributed by atoms with Crippen molar-refractivity contribution < 1.29 is 5.11 Å². The van der Waals surface area contributed by atoms with E-state index in [1.165, 1.54) is 0 Å². The van der Waals surface area contributed by atoms with Crippen LogP contribution in [0.25, 0.3) is 11.0 Å². The predicted molar refractivity (Wildman–Crippen MR) is 66.2 cm³/mol. The molecule has 0 aliphatic carbocycles. The highest BCUT2D eigenvalue weighted by atomic mass is 79.9. The Hall–Kier alpha value is -0.940. The molecule has 0 saturated heterocycles. The van der Waals surface area contributed by atoms with Crippen molar-refractivity contribution in [2.75, 3.05) is 6.61 Å². The fourth-order valence-electron chi connectivity index (χ4n) is 1.76. The van der Waals surface area contributed by atoms with Gasteiger partial charge in [-0.15, -0.1) is 5.10 Å². The Morgan fingerprint density at radius 2 is 2.19 bits per heavy atom. The van der Waals surface area contributed by atoms with E-state index in [1.807, 2.05) is 18.2 Å². The Bertz CT molecular complexity index is 495. The van der Waals surface area contributed by atoms with Crippen molar-refractivity contribution in [3.05, 3.63) is 22.7 Å². The van der Waals surface area contributed by atoms with Crippen LogP contribution in [0.2, 0.25) is 0 Å². The molecule has 0 amide bonds. The van der Waals surface area contributed by atoms with Gasteiger partial charge in [-0.3, -0.25) is 0 Å². The topological polar surface area (TPSA) is 50.9 Å². The van der Waals surface area contributed by atoms with Crippen LogP contribution in [0.5, 0.6) is 0 Å². The SMILES string of the molecule is CC(C)C(CO)n1nnc2cccc(Br)c21. The highest BCUT2D eigenvalue weighted by Crippen LogP contribution is 2.27. The molecule has 2 aromatic rings. The smallest absolute Gasteiger partial charge is 0.114 e. The molecule has 0 radical (unpaired) electrons. The largest absolute Gasteiger partial charge is 0.394 e. The number of benzene rings is 1. The molecule has 16 heavy (non-hydrogen) atoms. The van der Waals surface area contributed by atoms with E-state index in [0.717, 1.165) is 15.5 Å². The second kappa shape index (κ2) is 4.51. The second-order valence-electron chi connectivity index (χ2n) is 4.14. The first-order valence-corrected chi connectivity index (χ1v) is 6.04. The molecule has 1 unspecified atom stereocenters. The van der Waals surface area contributed by atoms with E-state index in [2.05, 4.69) is 40.1 Å². The van der Waals surface area contributed by atoms with Gasteiger partial charge in [0.2, 0.25) is 0 Å². The molecule has 2 rings (SSSR count). The lowest BCUT2D eigenvalue weighted by Gasteiger charge is -2.19. The highest BCUT2D eigenvalue weighted by Gasteiger charge is 2.19. The summed E-state index contributed by atoms with van der Waals surface area (Å²) in [6.45, 7) is 4.19. The number of nitrogens with zero attached hydrogens (tertiary/aromatic N) is 3. The van der Waals surface area contributed by atoms with Gasteiger partial charge >= 0.3 is 0 Å². The van der Waals surface area contributed by atoms with E-state index in [0.29, 0.717) is 5.92 Å². The third-order valence-corrected chi connectivity index (χ3v) is 3.35. The Morgan fingerprint density at radius 1 is 1.44 bits per heavy atom.